The third kappa shape index (κ3) is 4.11. The quantitative estimate of drug-likeness (QED) is 0.883. The molecule has 2 rings (SSSR count). The summed E-state index contributed by atoms with van der Waals surface area (Å²) in [5.41, 5.74) is 0.324. The number of benzene rings is 1. The largest absolute Gasteiger partial charge is 0.249 e. The van der Waals surface area contributed by atoms with Crippen LogP contribution >= 0.6 is 11.3 Å². The second kappa shape index (κ2) is 6.80. The lowest BCUT2D eigenvalue weighted by Gasteiger charge is -2.05. The van der Waals surface area contributed by atoms with E-state index in [1.54, 1.807) is 23.5 Å². The van der Waals surface area contributed by atoms with Crippen LogP contribution in [0.15, 0.2) is 35.4 Å². The number of nitriles is 1. The van der Waals surface area contributed by atoms with Crippen LogP contribution in [-0.2, 0) is 22.9 Å². The van der Waals surface area contributed by atoms with Gasteiger partial charge in [0.05, 0.1) is 21.5 Å². The van der Waals surface area contributed by atoms with Crippen LogP contribution in [0.4, 0.5) is 0 Å². The first-order valence-electron chi connectivity index (χ1n) is 6.48. The van der Waals surface area contributed by atoms with E-state index in [4.69, 9.17) is 5.26 Å². The third-order valence-electron chi connectivity index (χ3n) is 2.85. The van der Waals surface area contributed by atoms with Crippen molar-refractivity contribution < 1.29 is 8.42 Å². The van der Waals surface area contributed by atoms with Gasteiger partial charge in [-0.2, -0.15) is 5.26 Å². The minimum absolute atomic E-state index is 0.106. The molecular weight excluding hydrogens is 306 g/mol. The highest BCUT2D eigenvalue weighted by Crippen LogP contribution is 2.14. The molecular formula is C14H15N3O2S2. The van der Waals surface area contributed by atoms with E-state index < -0.39 is 10.0 Å². The van der Waals surface area contributed by atoms with E-state index in [9.17, 15) is 8.42 Å². The fourth-order valence-corrected chi connectivity index (χ4v) is 3.67. The number of rotatable bonds is 6. The Bertz CT molecular complexity index is 761. The molecule has 0 atom stereocenters. The zero-order valence-electron chi connectivity index (χ0n) is 11.5. The summed E-state index contributed by atoms with van der Waals surface area (Å²) in [6.45, 7) is 2.35. The minimum Gasteiger partial charge on any atom is -0.249 e. The van der Waals surface area contributed by atoms with E-state index in [1.165, 1.54) is 17.0 Å². The van der Waals surface area contributed by atoms with Gasteiger partial charge in [-0.25, -0.2) is 18.1 Å². The van der Waals surface area contributed by atoms with Crippen molar-refractivity contribution in [2.24, 2.45) is 0 Å². The summed E-state index contributed by atoms with van der Waals surface area (Å²) < 4.78 is 26.8. The Morgan fingerprint density at radius 3 is 2.90 bits per heavy atom. The molecule has 0 unspecified atom stereocenters. The van der Waals surface area contributed by atoms with Gasteiger partial charge in [0.25, 0.3) is 0 Å². The molecule has 1 N–H and O–H groups in total. The second-order valence-electron chi connectivity index (χ2n) is 4.36. The zero-order valence-corrected chi connectivity index (χ0v) is 13.2. The maximum absolute atomic E-state index is 12.1. The number of hydrogen-bond donors (Lipinski definition) is 1. The number of aryl methyl sites for hydroxylation is 1. The Kier molecular flexibility index (Phi) is 5.07. The highest BCUT2D eigenvalue weighted by atomic mass is 32.2. The van der Waals surface area contributed by atoms with Crippen LogP contribution in [0.25, 0.3) is 0 Å². The van der Waals surface area contributed by atoms with E-state index in [1.807, 2.05) is 12.3 Å². The SMILES string of the molecule is CCc1cnc(CCNS(=O)(=O)c2cccc(C#N)c2)s1. The second-order valence-corrected chi connectivity index (χ2v) is 7.33. The van der Waals surface area contributed by atoms with Crippen LogP contribution in [-0.4, -0.2) is 19.9 Å². The van der Waals surface area contributed by atoms with Crippen LogP contribution in [0.2, 0.25) is 0 Å². The summed E-state index contributed by atoms with van der Waals surface area (Å²) >= 11 is 1.60. The lowest BCUT2D eigenvalue weighted by molar-refractivity contribution is 0.581. The summed E-state index contributed by atoms with van der Waals surface area (Å²) in [5, 5.41) is 9.72. The first-order valence-corrected chi connectivity index (χ1v) is 8.78. The van der Waals surface area contributed by atoms with Gasteiger partial charge in [0.2, 0.25) is 10.0 Å². The van der Waals surface area contributed by atoms with E-state index in [-0.39, 0.29) is 11.4 Å². The molecule has 1 aromatic carbocycles. The van der Waals surface area contributed by atoms with Gasteiger partial charge >= 0.3 is 0 Å². The normalized spacial score (nSPS) is 11.2. The fraction of sp³-hybridized carbons (Fsp3) is 0.286. The molecule has 0 saturated heterocycles. The average Bonchev–Trinajstić information content (AvgIpc) is 2.95. The van der Waals surface area contributed by atoms with Gasteiger partial charge in [-0.15, -0.1) is 11.3 Å². The molecule has 1 heterocycles. The Hall–Kier alpha value is -1.75. The van der Waals surface area contributed by atoms with Gasteiger partial charge in [-0.1, -0.05) is 13.0 Å². The van der Waals surface area contributed by atoms with Gasteiger partial charge in [0, 0.05) is 24.0 Å². The van der Waals surface area contributed by atoms with Crippen molar-refractivity contribution in [1.29, 1.82) is 5.26 Å². The van der Waals surface area contributed by atoms with Crippen LogP contribution in [0, 0.1) is 11.3 Å². The average molecular weight is 321 g/mol. The maximum Gasteiger partial charge on any atom is 0.240 e. The standard InChI is InChI=1S/C14H15N3O2S2/c1-2-12-10-16-14(20-12)6-7-17-21(18,19)13-5-3-4-11(8-13)9-15/h3-5,8,10,17H,2,6-7H2,1H3. The van der Waals surface area contributed by atoms with Gasteiger partial charge in [-0.05, 0) is 24.6 Å². The predicted octanol–water partition coefficient (Wildman–Crippen LogP) is 2.10. The highest BCUT2D eigenvalue weighted by molar-refractivity contribution is 7.89. The number of hydrogen-bond acceptors (Lipinski definition) is 5. The van der Waals surface area contributed by atoms with Crippen molar-refractivity contribution in [3.63, 3.8) is 0 Å². The topological polar surface area (TPSA) is 82.8 Å². The van der Waals surface area contributed by atoms with Crippen LogP contribution < -0.4 is 4.72 Å². The lowest BCUT2D eigenvalue weighted by atomic mass is 10.2. The molecule has 0 spiro atoms. The first kappa shape index (κ1) is 15.6. The monoisotopic (exact) mass is 321 g/mol. The number of thiazole rings is 1. The molecule has 0 radical (unpaired) electrons. The Balaban J connectivity index is 1.99. The third-order valence-corrected chi connectivity index (χ3v) is 5.51. The summed E-state index contributed by atoms with van der Waals surface area (Å²) in [5.74, 6) is 0. The molecule has 2 aromatic rings. The van der Waals surface area contributed by atoms with Gasteiger partial charge in [0.1, 0.15) is 0 Å². The van der Waals surface area contributed by atoms with Crippen molar-refractivity contribution in [2.75, 3.05) is 6.54 Å². The number of aromatic nitrogens is 1. The Morgan fingerprint density at radius 1 is 1.43 bits per heavy atom. The van der Waals surface area contributed by atoms with Crippen molar-refractivity contribution in [1.82, 2.24) is 9.71 Å². The molecule has 0 bridgehead atoms. The highest BCUT2D eigenvalue weighted by Gasteiger charge is 2.14. The zero-order chi connectivity index (χ0) is 15.3. The number of sulfonamides is 1. The Labute approximate surface area is 128 Å². The maximum atomic E-state index is 12.1. The molecule has 7 heteroatoms. The fourth-order valence-electron chi connectivity index (χ4n) is 1.74. The molecule has 0 amide bonds. The van der Waals surface area contributed by atoms with E-state index in [0.29, 0.717) is 12.0 Å². The van der Waals surface area contributed by atoms with Gasteiger partial charge < -0.3 is 0 Å². The molecule has 0 aliphatic heterocycles. The smallest absolute Gasteiger partial charge is 0.240 e. The van der Waals surface area contributed by atoms with E-state index >= 15 is 0 Å². The number of nitrogens with zero attached hydrogens (tertiary/aromatic N) is 2. The van der Waals surface area contributed by atoms with Crippen LogP contribution in [0.5, 0.6) is 0 Å². The van der Waals surface area contributed by atoms with Crippen LogP contribution in [0.1, 0.15) is 22.4 Å². The van der Waals surface area contributed by atoms with Crippen molar-refractivity contribution in [3.05, 3.63) is 45.9 Å². The molecule has 1 aromatic heterocycles. The minimum atomic E-state index is -3.59. The molecule has 0 aliphatic carbocycles. The lowest BCUT2D eigenvalue weighted by Crippen LogP contribution is -2.26. The van der Waals surface area contributed by atoms with Crippen molar-refractivity contribution >= 4 is 21.4 Å². The number of nitrogens with one attached hydrogen (secondary N) is 1. The van der Waals surface area contributed by atoms with E-state index in [0.717, 1.165) is 11.4 Å². The summed E-state index contributed by atoms with van der Waals surface area (Å²) in [7, 11) is -3.59. The Morgan fingerprint density at radius 2 is 2.24 bits per heavy atom. The summed E-state index contributed by atoms with van der Waals surface area (Å²) in [6, 6.07) is 7.89. The molecule has 21 heavy (non-hydrogen) atoms. The van der Waals surface area contributed by atoms with Crippen molar-refractivity contribution in [2.45, 2.75) is 24.7 Å². The van der Waals surface area contributed by atoms with Crippen LogP contribution in [0.3, 0.4) is 0 Å². The molecule has 0 saturated carbocycles. The van der Waals surface area contributed by atoms with Crippen molar-refractivity contribution in [3.8, 4) is 6.07 Å². The van der Waals surface area contributed by atoms with Gasteiger partial charge in [0.15, 0.2) is 0 Å². The predicted molar refractivity (Wildman–Crippen MR) is 81.5 cm³/mol. The first-order chi connectivity index (χ1) is 10.0. The summed E-state index contributed by atoms with van der Waals surface area (Å²) in [4.78, 5) is 5.54. The van der Waals surface area contributed by atoms with Gasteiger partial charge in [-0.3, -0.25) is 0 Å². The molecule has 110 valence electrons. The van der Waals surface area contributed by atoms with E-state index in [2.05, 4.69) is 16.6 Å². The summed E-state index contributed by atoms with van der Waals surface area (Å²) in [6.07, 6.45) is 3.32. The molecule has 0 aliphatic rings. The molecule has 5 nitrogen and oxygen atoms in total. The molecule has 0 fully saturated rings.